The van der Waals surface area contributed by atoms with Crippen LogP contribution in [-0.2, 0) is 0 Å². The van der Waals surface area contributed by atoms with E-state index in [-0.39, 0.29) is 0 Å². The van der Waals surface area contributed by atoms with Crippen LogP contribution in [0.2, 0.25) is 0 Å². The minimum Gasteiger partial charge on any atom is -0.298 e. The Bertz CT molecular complexity index is 291. The van der Waals surface area contributed by atoms with Gasteiger partial charge in [0.05, 0.1) is 0 Å². The lowest BCUT2D eigenvalue weighted by Crippen LogP contribution is -1.90. The van der Waals surface area contributed by atoms with Crippen LogP contribution in [0, 0.1) is 13.8 Å². The van der Waals surface area contributed by atoms with Crippen molar-refractivity contribution in [2.24, 2.45) is 0 Å². The van der Waals surface area contributed by atoms with Crippen molar-refractivity contribution >= 4 is 12.4 Å². The topological polar surface area (TPSA) is 17.1 Å². The predicted molar refractivity (Wildman–Crippen MR) is 51.4 cm³/mol. The minimum atomic E-state index is 0.716. The molecule has 0 atom stereocenters. The molecule has 1 aromatic carbocycles. The summed E-state index contributed by atoms with van der Waals surface area (Å²) < 4.78 is 0. The zero-order valence-electron chi connectivity index (χ0n) is 7.42. The van der Waals surface area contributed by atoms with Crippen molar-refractivity contribution in [1.29, 1.82) is 0 Å². The Kier molecular flexibility index (Phi) is 2.44. The summed E-state index contributed by atoms with van der Waals surface area (Å²) in [4.78, 5) is 10.6. The summed E-state index contributed by atoms with van der Waals surface area (Å²) in [5.74, 6) is 0. The zero-order chi connectivity index (χ0) is 9.14. The van der Waals surface area contributed by atoms with E-state index in [2.05, 4.69) is 6.58 Å². The molecule has 62 valence electrons. The summed E-state index contributed by atoms with van der Waals surface area (Å²) in [6.07, 6.45) is 2.57. The number of carbonyl (C=O) groups is 1. The fourth-order valence-electron chi connectivity index (χ4n) is 1.14. The van der Waals surface area contributed by atoms with Gasteiger partial charge < -0.3 is 0 Å². The molecule has 1 heteroatoms. The molecule has 0 aliphatic heterocycles. The quantitative estimate of drug-likeness (QED) is 0.608. The maximum absolute atomic E-state index is 10.6. The van der Waals surface area contributed by atoms with E-state index in [4.69, 9.17) is 0 Å². The van der Waals surface area contributed by atoms with Gasteiger partial charge in [0, 0.05) is 5.56 Å². The van der Waals surface area contributed by atoms with Gasteiger partial charge in [-0.25, -0.2) is 0 Å². The fourth-order valence-corrected chi connectivity index (χ4v) is 1.14. The van der Waals surface area contributed by atoms with Gasteiger partial charge in [-0.1, -0.05) is 18.7 Å². The van der Waals surface area contributed by atoms with Gasteiger partial charge in [-0.15, -0.1) is 0 Å². The number of aryl methyl sites for hydroxylation is 2. The Morgan fingerprint density at radius 3 is 2.08 bits per heavy atom. The fraction of sp³-hybridized carbons (Fsp3) is 0.182. The molecule has 0 fully saturated rings. The average Bonchev–Trinajstić information content (AvgIpc) is 2.09. The molecule has 1 rings (SSSR count). The predicted octanol–water partition coefficient (Wildman–Crippen LogP) is 2.76. The molecule has 0 aliphatic rings. The number of rotatable bonds is 2. The number of hydrogen-bond donors (Lipinski definition) is 0. The van der Waals surface area contributed by atoms with Crippen LogP contribution in [-0.4, -0.2) is 6.29 Å². The van der Waals surface area contributed by atoms with Crippen LogP contribution in [0.1, 0.15) is 27.0 Å². The van der Waals surface area contributed by atoms with Gasteiger partial charge in [-0.3, -0.25) is 4.79 Å². The molecule has 1 aromatic rings. The van der Waals surface area contributed by atoms with Crippen molar-refractivity contribution in [3.63, 3.8) is 0 Å². The minimum absolute atomic E-state index is 0.716. The van der Waals surface area contributed by atoms with Crippen LogP contribution in [0.3, 0.4) is 0 Å². The molecule has 0 bridgehead atoms. The lowest BCUT2D eigenvalue weighted by molar-refractivity contribution is 0.112. The first-order chi connectivity index (χ1) is 5.69. The Labute approximate surface area is 72.7 Å². The summed E-state index contributed by atoms with van der Waals surface area (Å²) in [6, 6.07) is 3.87. The molecule has 0 aromatic heterocycles. The van der Waals surface area contributed by atoms with Crippen molar-refractivity contribution in [2.45, 2.75) is 13.8 Å². The van der Waals surface area contributed by atoms with Crippen LogP contribution in [0.5, 0.6) is 0 Å². The van der Waals surface area contributed by atoms with Gasteiger partial charge in [-0.2, -0.15) is 0 Å². The lowest BCUT2D eigenvalue weighted by Gasteiger charge is -2.04. The molecule has 12 heavy (non-hydrogen) atoms. The van der Waals surface area contributed by atoms with Crippen LogP contribution < -0.4 is 0 Å². The van der Waals surface area contributed by atoms with E-state index in [0.717, 1.165) is 17.4 Å². The highest BCUT2D eigenvalue weighted by atomic mass is 16.1. The van der Waals surface area contributed by atoms with Gasteiger partial charge in [0.2, 0.25) is 0 Å². The molecule has 0 spiro atoms. The standard InChI is InChI=1S/C11H12O/c1-4-10-5-8(2)9(3)6-11(10)7-12/h4-7H,1H2,2-3H3. The summed E-state index contributed by atoms with van der Waals surface area (Å²) in [6.45, 7) is 7.67. The lowest BCUT2D eigenvalue weighted by atomic mass is 10.0. The first-order valence-corrected chi connectivity index (χ1v) is 3.88. The SMILES string of the molecule is C=Cc1cc(C)c(C)cc1C=O. The van der Waals surface area contributed by atoms with Gasteiger partial charge in [-0.05, 0) is 36.6 Å². The monoisotopic (exact) mass is 160 g/mol. The van der Waals surface area contributed by atoms with Gasteiger partial charge in [0.15, 0.2) is 6.29 Å². The maximum Gasteiger partial charge on any atom is 0.150 e. The normalized spacial score (nSPS) is 9.50. The number of benzene rings is 1. The maximum atomic E-state index is 10.6. The molecule has 1 nitrogen and oxygen atoms in total. The van der Waals surface area contributed by atoms with Gasteiger partial charge in [0.1, 0.15) is 0 Å². The second-order valence-electron chi connectivity index (χ2n) is 2.89. The van der Waals surface area contributed by atoms with E-state index < -0.39 is 0 Å². The third-order valence-corrected chi connectivity index (χ3v) is 2.05. The molecule has 0 saturated heterocycles. The third kappa shape index (κ3) is 1.45. The molecule has 0 saturated carbocycles. The third-order valence-electron chi connectivity index (χ3n) is 2.05. The number of carbonyl (C=O) groups excluding carboxylic acids is 1. The Morgan fingerprint density at radius 1 is 1.17 bits per heavy atom. The molecule has 0 aliphatic carbocycles. The van der Waals surface area contributed by atoms with Crippen LogP contribution in [0.15, 0.2) is 18.7 Å². The first-order valence-electron chi connectivity index (χ1n) is 3.88. The Morgan fingerprint density at radius 2 is 1.67 bits per heavy atom. The number of aldehydes is 1. The molecular weight excluding hydrogens is 148 g/mol. The highest BCUT2D eigenvalue weighted by molar-refractivity contribution is 5.82. The van der Waals surface area contributed by atoms with E-state index >= 15 is 0 Å². The van der Waals surface area contributed by atoms with Crippen molar-refractivity contribution in [1.82, 2.24) is 0 Å². The molecule has 0 N–H and O–H groups in total. The van der Waals surface area contributed by atoms with E-state index in [0.29, 0.717) is 5.56 Å². The summed E-state index contributed by atoms with van der Waals surface area (Å²) in [5.41, 5.74) is 3.96. The molecule has 0 unspecified atom stereocenters. The van der Waals surface area contributed by atoms with Gasteiger partial charge >= 0.3 is 0 Å². The Balaban J connectivity index is 3.37. The average molecular weight is 160 g/mol. The smallest absolute Gasteiger partial charge is 0.150 e. The Hall–Kier alpha value is -1.37. The zero-order valence-corrected chi connectivity index (χ0v) is 7.42. The molecule has 0 heterocycles. The largest absolute Gasteiger partial charge is 0.298 e. The van der Waals surface area contributed by atoms with E-state index in [1.165, 1.54) is 5.56 Å². The highest BCUT2D eigenvalue weighted by Crippen LogP contribution is 2.15. The van der Waals surface area contributed by atoms with Crippen molar-refractivity contribution in [2.75, 3.05) is 0 Å². The van der Waals surface area contributed by atoms with E-state index in [1.54, 1.807) is 6.08 Å². The second-order valence-corrected chi connectivity index (χ2v) is 2.89. The van der Waals surface area contributed by atoms with Crippen molar-refractivity contribution < 1.29 is 4.79 Å². The van der Waals surface area contributed by atoms with Crippen molar-refractivity contribution in [3.8, 4) is 0 Å². The summed E-state index contributed by atoms with van der Waals surface area (Å²) >= 11 is 0. The van der Waals surface area contributed by atoms with Crippen LogP contribution in [0.25, 0.3) is 6.08 Å². The number of hydrogen-bond acceptors (Lipinski definition) is 1. The highest BCUT2D eigenvalue weighted by Gasteiger charge is 2.00. The van der Waals surface area contributed by atoms with Crippen LogP contribution >= 0.6 is 0 Å². The summed E-state index contributed by atoms with van der Waals surface area (Å²) in [7, 11) is 0. The molecule has 0 radical (unpaired) electrons. The molecular formula is C11H12O. The van der Waals surface area contributed by atoms with E-state index in [9.17, 15) is 4.79 Å². The van der Waals surface area contributed by atoms with E-state index in [1.807, 2.05) is 26.0 Å². The summed E-state index contributed by atoms with van der Waals surface area (Å²) in [5, 5.41) is 0. The van der Waals surface area contributed by atoms with Gasteiger partial charge in [0.25, 0.3) is 0 Å². The van der Waals surface area contributed by atoms with Crippen molar-refractivity contribution in [3.05, 3.63) is 41.0 Å². The first kappa shape index (κ1) is 8.72. The second kappa shape index (κ2) is 3.35. The van der Waals surface area contributed by atoms with Crippen LogP contribution in [0.4, 0.5) is 0 Å². The molecule has 0 amide bonds.